The Bertz CT molecular complexity index is 335. The molecule has 0 aromatic carbocycles. The first-order valence-electron chi connectivity index (χ1n) is 6.16. The minimum atomic E-state index is -2.93. The highest BCUT2D eigenvalue weighted by Crippen LogP contribution is 2.25. The van der Waals surface area contributed by atoms with Crippen molar-refractivity contribution in [3.63, 3.8) is 0 Å². The average molecular weight is 263 g/mol. The van der Waals surface area contributed by atoms with Gasteiger partial charge in [-0.3, -0.25) is 16.2 Å². The molecule has 0 spiro atoms. The summed E-state index contributed by atoms with van der Waals surface area (Å²) in [7, 11) is -2.93. The lowest BCUT2D eigenvalue weighted by molar-refractivity contribution is 0.105. The lowest BCUT2D eigenvalue weighted by Crippen LogP contribution is -2.59. The molecule has 1 aliphatic rings. The maximum atomic E-state index is 11.2. The molecule has 1 saturated heterocycles. The minimum absolute atomic E-state index is 0.00433. The molecule has 0 aromatic heterocycles. The van der Waals surface area contributed by atoms with Crippen LogP contribution < -0.4 is 11.3 Å². The summed E-state index contributed by atoms with van der Waals surface area (Å²) in [6, 6.07) is -0.00433. The molecular formula is C11H25N3O2S. The molecule has 1 unspecified atom stereocenters. The summed E-state index contributed by atoms with van der Waals surface area (Å²) >= 11 is 0. The average Bonchev–Trinajstić information content (AvgIpc) is 2.69. The third-order valence-corrected chi connectivity index (χ3v) is 4.73. The van der Waals surface area contributed by atoms with Gasteiger partial charge in [0, 0.05) is 17.8 Å². The van der Waals surface area contributed by atoms with E-state index in [1.165, 1.54) is 19.1 Å². The lowest BCUT2D eigenvalue weighted by atomic mass is 9.91. The van der Waals surface area contributed by atoms with Crippen LogP contribution in [0, 0.1) is 0 Å². The zero-order chi connectivity index (χ0) is 13.1. The lowest BCUT2D eigenvalue weighted by Gasteiger charge is -2.41. The first-order chi connectivity index (χ1) is 7.77. The van der Waals surface area contributed by atoms with E-state index in [-0.39, 0.29) is 17.3 Å². The molecular weight excluding hydrogens is 238 g/mol. The van der Waals surface area contributed by atoms with Crippen molar-refractivity contribution in [2.45, 2.75) is 44.7 Å². The molecule has 3 N–H and O–H groups in total. The number of hydrazine groups is 1. The topological polar surface area (TPSA) is 75.4 Å². The molecule has 17 heavy (non-hydrogen) atoms. The Labute approximate surface area is 105 Å². The zero-order valence-corrected chi connectivity index (χ0v) is 11.9. The number of nitrogens with one attached hydrogen (secondary N) is 1. The third-order valence-electron chi connectivity index (χ3n) is 3.75. The van der Waals surface area contributed by atoms with Crippen molar-refractivity contribution < 1.29 is 8.42 Å². The van der Waals surface area contributed by atoms with E-state index in [0.29, 0.717) is 6.42 Å². The van der Waals surface area contributed by atoms with Crippen LogP contribution in [0.25, 0.3) is 0 Å². The van der Waals surface area contributed by atoms with Crippen molar-refractivity contribution in [3.05, 3.63) is 0 Å². The molecule has 1 heterocycles. The smallest absolute Gasteiger partial charge is 0.147 e. The molecule has 0 amide bonds. The van der Waals surface area contributed by atoms with E-state index in [2.05, 4.69) is 24.2 Å². The van der Waals surface area contributed by atoms with E-state index in [0.717, 1.165) is 13.1 Å². The van der Waals surface area contributed by atoms with Gasteiger partial charge in [-0.25, -0.2) is 8.42 Å². The summed E-state index contributed by atoms with van der Waals surface area (Å²) in [6.45, 7) is 6.41. The molecule has 6 heteroatoms. The number of hydrogen-bond acceptors (Lipinski definition) is 5. The fraction of sp³-hybridized carbons (Fsp3) is 1.00. The maximum Gasteiger partial charge on any atom is 0.147 e. The van der Waals surface area contributed by atoms with Gasteiger partial charge in [0.1, 0.15) is 9.84 Å². The van der Waals surface area contributed by atoms with Gasteiger partial charge in [-0.05, 0) is 46.2 Å². The number of nitrogens with two attached hydrogens (primary N) is 1. The third kappa shape index (κ3) is 4.21. The molecule has 1 fully saturated rings. The summed E-state index contributed by atoms with van der Waals surface area (Å²) in [6.07, 6.45) is 4.25. The van der Waals surface area contributed by atoms with E-state index < -0.39 is 9.84 Å². The highest BCUT2D eigenvalue weighted by molar-refractivity contribution is 7.90. The van der Waals surface area contributed by atoms with E-state index in [9.17, 15) is 8.42 Å². The summed E-state index contributed by atoms with van der Waals surface area (Å²) in [5.41, 5.74) is 2.68. The Morgan fingerprint density at radius 1 is 1.35 bits per heavy atom. The monoisotopic (exact) mass is 263 g/mol. The van der Waals surface area contributed by atoms with Crippen LogP contribution in [0.15, 0.2) is 0 Å². The predicted molar refractivity (Wildman–Crippen MR) is 70.3 cm³/mol. The Hall–Kier alpha value is -0.170. The Kier molecular flexibility index (Phi) is 4.95. The van der Waals surface area contributed by atoms with Gasteiger partial charge in [0.25, 0.3) is 0 Å². The summed E-state index contributed by atoms with van der Waals surface area (Å²) < 4.78 is 22.4. The molecule has 1 atom stereocenters. The van der Waals surface area contributed by atoms with Crippen LogP contribution in [-0.4, -0.2) is 50.0 Å². The number of sulfone groups is 1. The van der Waals surface area contributed by atoms with Gasteiger partial charge < -0.3 is 0 Å². The number of rotatable bonds is 6. The largest absolute Gasteiger partial charge is 0.297 e. The molecule has 102 valence electrons. The van der Waals surface area contributed by atoms with Crippen LogP contribution in [0.2, 0.25) is 0 Å². The fourth-order valence-corrected chi connectivity index (χ4v) is 3.15. The van der Waals surface area contributed by atoms with Crippen molar-refractivity contribution in [1.82, 2.24) is 10.3 Å². The fourth-order valence-electron chi connectivity index (χ4n) is 2.49. The van der Waals surface area contributed by atoms with Gasteiger partial charge in [-0.15, -0.1) is 0 Å². The molecule has 1 rings (SSSR count). The number of nitrogens with zero attached hydrogens (tertiary/aromatic N) is 1. The second-order valence-electron chi connectivity index (χ2n) is 5.49. The molecule has 0 saturated carbocycles. The van der Waals surface area contributed by atoms with Gasteiger partial charge >= 0.3 is 0 Å². The van der Waals surface area contributed by atoms with Gasteiger partial charge in [-0.2, -0.15) is 0 Å². The van der Waals surface area contributed by atoms with Crippen molar-refractivity contribution in [1.29, 1.82) is 0 Å². The Balaban J connectivity index is 2.64. The van der Waals surface area contributed by atoms with E-state index >= 15 is 0 Å². The highest BCUT2D eigenvalue weighted by Gasteiger charge is 2.36. The second-order valence-corrected chi connectivity index (χ2v) is 7.75. The van der Waals surface area contributed by atoms with Crippen LogP contribution in [0.5, 0.6) is 0 Å². The van der Waals surface area contributed by atoms with Crippen LogP contribution in [0.3, 0.4) is 0 Å². The van der Waals surface area contributed by atoms with Crippen molar-refractivity contribution in [3.8, 4) is 0 Å². The van der Waals surface area contributed by atoms with E-state index in [1.54, 1.807) is 0 Å². The molecule has 0 aromatic rings. The number of likely N-dealkylation sites (tertiary alicyclic amines) is 1. The van der Waals surface area contributed by atoms with Crippen molar-refractivity contribution in [2.75, 3.05) is 25.1 Å². The normalized spacial score (nSPS) is 20.7. The molecule has 0 aliphatic carbocycles. The second kappa shape index (κ2) is 5.65. The number of hydrogen-bond donors (Lipinski definition) is 2. The van der Waals surface area contributed by atoms with Gasteiger partial charge in [0.15, 0.2) is 0 Å². The predicted octanol–water partition coefficient (Wildman–Crippen LogP) is 0.127. The summed E-state index contributed by atoms with van der Waals surface area (Å²) in [4.78, 5) is 2.39. The first-order valence-corrected chi connectivity index (χ1v) is 8.22. The van der Waals surface area contributed by atoms with E-state index in [1.807, 2.05) is 0 Å². The standard InChI is InChI=1S/C11H25N3O2S/c1-11(2,14-7-4-5-8-14)10(13-12)6-9-17(3,15)16/h10,13H,4-9,12H2,1-3H3. The van der Waals surface area contributed by atoms with Gasteiger partial charge in [-0.1, -0.05) is 0 Å². The van der Waals surface area contributed by atoms with Gasteiger partial charge in [0.2, 0.25) is 0 Å². The minimum Gasteiger partial charge on any atom is -0.297 e. The zero-order valence-electron chi connectivity index (χ0n) is 11.1. The van der Waals surface area contributed by atoms with Crippen LogP contribution >= 0.6 is 0 Å². The first kappa shape index (κ1) is 14.9. The van der Waals surface area contributed by atoms with E-state index in [4.69, 9.17) is 5.84 Å². The molecule has 0 radical (unpaired) electrons. The van der Waals surface area contributed by atoms with Crippen LogP contribution in [0.1, 0.15) is 33.1 Å². The van der Waals surface area contributed by atoms with Gasteiger partial charge in [0.05, 0.1) is 5.75 Å². The summed E-state index contributed by atoms with van der Waals surface area (Å²) in [5, 5.41) is 0. The molecule has 1 aliphatic heterocycles. The maximum absolute atomic E-state index is 11.2. The highest BCUT2D eigenvalue weighted by atomic mass is 32.2. The van der Waals surface area contributed by atoms with Crippen molar-refractivity contribution in [2.24, 2.45) is 5.84 Å². The Morgan fingerprint density at radius 3 is 2.29 bits per heavy atom. The summed E-state index contributed by atoms with van der Waals surface area (Å²) in [5.74, 6) is 5.76. The van der Waals surface area contributed by atoms with Crippen LogP contribution in [0.4, 0.5) is 0 Å². The quantitative estimate of drug-likeness (QED) is 0.526. The van der Waals surface area contributed by atoms with Crippen molar-refractivity contribution >= 4 is 9.84 Å². The molecule has 5 nitrogen and oxygen atoms in total. The SMILES string of the molecule is CC(C)(C(CCS(C)(=O)=O)NN)N1CCCC1. The molecule has 0 bridgehead atoms. The Morgan fingerprint density at radius 2 is 1.88 bits per heavy atom. The van der Waals surface area contributed by atoms with Crippen LogP contribution in [-0.2, 0) is 9.84 Å².